The lowest BCUT2D eigenvalue weighted by Crippen LogP contribution is -2.34. The van der Waals surface area contributed by atoms with Crippen LogP contribution < -0.4 is 10.6 Å². The summed E-state index contributed by atoms with van der Waals surface area (Å²) in [6.45, 7) is 3.13. The van der Waals surface area contributed by atoms with Crippen LogP contribution in [0.3, 0.4) is 0 Å². The molecule has 0 aliphatic heterocycles. The number of benzene rings is 1. The number of hydrogen-bond acceptors (Lipinski definition) is 5. The van der Waals surface area contributed by atoms with Crippen LogP contribution in [0.15, 0.2) is 24.3 Å². The maximum Gasteiger partial charge on any atom is 0.234 e. The molecule has 0 fully saturated rings. The molecular weight excluding hydrogens is 316 g/mol. The molecule has 0 bridgehead atoms. The Hall–Kier alpha value is -1.86. The van der Waals surface area contributed by atoms with E-state index in [1.165, 1.54) is 0 Å². The fraction of sp³-hybridized carbons (Fsp3) is 0.438. The molecule has 1 atom stereocenters. The van der Waals surface area contributed by atoms with Crippen molar-refractivity contribution in [3.05, 3.63) is 29.8 Å². The van der Waals surface area contributed by atoms with Gasteiger partial charge in [0.05, 0.1) is 24.8 Å². The maximum absolute atomic E-state index is 11.9. The maximum atomic E-state index is 11.9. The monoisotopic (exact) mass is 338 g/mol. The molecule has 23 heavy (non-hydrogen) atoms. The van der Waals surface area contributed by atoms with Crippen molar-refractivity contribution in [2.45, 2.75) is 20.3 Å². The molecule has 0 aromatic heterocycles. The van der Waals surface area contributed by atoms with Crippen molar-refractivity contribution in [2.75, 3.05) is 24.2 Å². The second-order valence-corrected chi connectivity index (χ2v) is 6.05. The first kappa shape index (κ1) is 19.2. The number of nitrogens with one attached hydrogen (secondary N) is 2. The van der Waals surface area contributed by atoms with E-state index in [1.807, 2.05) is 31.2 Å². The van der Waals surface area contributed by atoms with Crippen LogP contribution in [0.25, 0.3) is 0 Å². The normalized spacial score (nSPS) is 11.6. The molecule has 0 unspecified atom stereocenters. The van der Waals surface area contributed by atoms with Crippen molar-refractivity contribution in [1.29, 1.82) is 0 Å². The van der Waals surface area contributed by atoms with E-state index in [-0.39, 0.29) is 35.8 Å². The zero-order valence-corrected chi connectivity index (χ0v) is 14.1. The van der Waals surface area contributed by atoms with Crippen molar-refractivity contribution in [2.24, 2.45) is 5.92 Å². The number of aryl methyl sites for hydroxylation is 1. The summed E-state index contributed by atoms with van der Waals surface area (Å²) in [4.78, 5) is 34.9. The fourth-order valence-corrected chi connectivity index (χ4v) is 2.29. The van der Waals surface area contributed by atoms with Gasteiger partial charge in [-0.1, -0.05) is 43.8 Å². The lowest BCUT2D eigenvalue weighted by atomic mass is 10.1. The predicted molar refractivity (Wildman–Crippen MR) is 91.2 cm³/mol. The Morgan fingerprint density at radius 3 is 2.61 bits per heavy atom. The van der Waals surface area contributed by atoms with E-state index in [2.05, 4.69) is 10.6 Å². The molecule has 0 aliphatic rings. The van der Waals surface area contributed by atoms with E-state index in [1.54, 1.807) is 6.92 Å². The predicted octanol–water partition coefficient (Wildman–Crippen LogP) is 1.19. The van der Waals surface area contributed by atoms with Gasteiger partial charge in [0.15, 0.2) is 0 Å². The second kappa shape index (κ2) is 10.0. The number of aliphatic hydroxyl groups is 1. The summed E-state index contributed by atoms with van der Waals surface area (Å²) in [5.74, 6) is -1.22. The minimum absolute atomic E-state index is 0.0116. The summed E-state index contributed by atoms with van der Waals surface area (Å²) < 4.78 is 0. The van der Waals surface area contributed by atoms with Gasteiger partial charge in [-0.2, -0.15) is 0 Å². The van der Waals surface area contributed by atoms with E-state index in [9.17, 15) is 14.4 Å². The first-order valence-electron chi connectivity index (χ1n) is 7.39. The highest BCUT2D eigenvalue weighted by Crippen LogP contribution is 2.15. The number of anilines is 1. The lowest BCUT2D eigenvalue weighted by molar-refractivity contribution is -0.126. The number of hydrogen-bond donors (Lipinski definition) is 3. The SMILES string of the molecule is CCc1ccccc1NC(=O)CSC(=O)CNC(=O)[C@H](C)CO. The van der Waals surface area contributed by atoms with Gasteiger partial charge in [0.25, 0.3) is 0 Å². The van der Waals surface area contributed by atoms with Crippen LogP contribution in [-0.2, 0) is 20.8 Å². The first-order chi connectivity index (χ1) is 11.0. The first-order valence-corrected chi connectivity index (χ1v) is 8.38. The molecule has 1 aromatic carbocycles. The minimum Gasteiger partial charge on any atom is -0.396 e. The third-order valence-corrected chi connectivity index (χ3v) is 4.04. The highest BCUT2D eigenvalue weighted by Gasteiger charge is 2.14. The number of rotatable bonds is 8. The Bertz CT molecular complexity index is 563. The van der Waals surface area contributed by atoms with Crippen molar-refractivity contribution < 1.29 is 19.5 Å². The van der Waals surface area contributed by atoms with E-state index in [0.717, 1.165) is 29.4 Å². The molecule has 0 saturated carbocycles. The van der Waals surface area contributed by atoms with Gasteiger partial charge in [0.1, 0.15) is 0 Å². The molecule has 126 valence electrons. The molecule has 6 nitrogen and oxygen atoms in total. The average Bonchev–Trinajstić information content (AvgIpc) is 2.57. The molecule has 0 spiro atoms. The Labute approximate surface area is 140 Å². The average molecular weight is 338 g/mol. The molecule has 0 saturated heterocycles. The van der Waals surface area contributed by atoms with Gasteiger partial charge in [0.2, 0.25) is 16.9 Å². The molecule has 3 N–H and O–H groups in total. The van der Waals surface area contributed by atoms with Gasteiger partial charge in [-0.05, 0) is 18.1 Å². The third-order valence-electron chi connectivity index (χ3n) is 3.17. The second-order valence-electron chi connectivity index (χ2n) is 5.02. The Kier molecular flexibility index (Phi) is 8.36. The van der Waals surface area contributed by atoms with E-state index in [0.29, 0.717) is 0 Å². The molecule has 1 rings (SSSR count). The number of para-hydroxylation sites is 1. The summed E-state index contributed by atoms with van der Waals surface area (Å²) >= 11 is 0.850. The summed E-state index contributed by atoms with van der Waals surface area (Å²) in [5.41, 5.74) is 1.78. The van der Waals surface area contributed by atoms with Crippen LogP contribution in [0.1, 0.15) is 19.4 Å². The van der Waals surface area contributed by atoms with Gasteiger partial charge in [-0.25, -0.2) is 0 Å². The smallest absolute Gasteiger partial charge is 0.234 e. The lowest BCUT2D eigenvalue weighted by Gasteiger charge is -2.10. The molecule has 0 aliphatic carbocycles. The molecular formula is C16H22N2O4S. The summed E-state index contributed by atoms with van der Waals surface area (Å²) in [7, 11) is 0. The van der Waals surface area contributed by atoms with Crippen molar-refractivity contribution in [3.8, 4) is 0 Å². The minimum atomic E-state index is -0.554. The zero-order chi connectivity index (χ0) is 17.2. The number of amides is 2. The van der Waals surface area contributed by atoms with E-state index >= 15 is 0 Å². The van der Waals surface area contributed by atoms with Crippen LogP contribution in [-0.4, -0.2) is 40.9 Å². The van der Waals surface area contributed by atoms with Crippen molar-refractivity contribution in [1.82, 2.24) is 5.32 Å². The van der Waals surface area contributed by atoms with Crippen LogP contribution in [0.4, 0.5) is 5.69 Å². The quantitative estimate of drug-likeness (QED) is 0.662. The molecule has 0 heterocycles. The Morgan fingerprint density at radius 1 is 1.26 bits per heavy atom. The largest absolute Gasteiger partial charge is 0.396 e. The number of aliphatic hydroxyl groups excluding tert-OH is 1. The molecule has 0 radical (unpaired) electrons. The third kappa shape index (κ3) is 6.83. The van der Waals surface area contributed by atoms with Crippen molar-refractivity contribution in [3.63, 3.8) is 0 Å². The van der Waals surface area contributed by atoms with Crippen LogP contribution in [0.5, 0.6) is 0 Å². The topological polar surface area (TPSA) is 95.5 Å². The summed E-state index contributed by atoms with van der Waals surface area (Å²) in [6, 6.07) is 7.50. The number of carbonyl (C=O) groups is 3. The zero-order valence-electron chi connectivity index (χ0n) is 13.3. The molecule has 1 aromatic rings. The fourth-order valence-electron chi connectivity index (χ4n) is 1.75. The van der Waals surface area contributed by atoms with Gasteiger partial charge < -0.3 is 15.7 Å². The highest BCUT2D eigenvalue weighted by atomic mass is 32.2. The summed E-state index contributed by atoms with van der Waals surface area (Å²) in [6.07, 6.45) is 0.803. The standard InChI is InChI=1S/C16H22N2O4S/c1-3-12-6-4-5-7-13(12)18-14(20)10-23-15(21)8-17-16(22)11(2)9-19/h4-7,11,19H,3,8-10H2,1-2H3,(H,17,22)(H,18,20)/t11-/m1/s1. The Balaban J connectivity index is 2.35. The number of carbonyl (C=O) groups excluding carboxylic acids is 3. The van der Waals surface area contributed by atoms with Crippen LogP contribution in [0, 0.1) is 5.92 Å². The highest BCUT2D eigenvalue weighted by molar-refractivity contribution is 8.14. The molecule has 7 heteroatoms. The van der Waals surface area contributed by atoms with Crippen molar-refractivity contribution >= 4 is 34.4 Å². The molecule has 2 amide bonds. The Morgan fingerprint density at radius 2 is 1.96 bits per heavy atom. The van der Waals surface area contributed by atoms with Crippen LogP contribution in [0.2, 0.25) is 0 Å². The van der Waals surface area contributed by atoms with E-state index in [4.69, 9.17) is 5.11 Å². The number of thioether (sulfide) groups is 1. The van der Waals surface area contributed by atoms with Gasteiger partial charge >= 0.3 is 0 Å². The van der Waals surface area contributed by atoms with Crippen LogP contribution >= 0.6 is 11.8 Å². The van der Waals surface area contributed by atoms with Gasteiger partial charge in [-0.15, -0.1) is 0 Å². The van der Waals surface area contributed by atoms with E-state index < -0.39 is 5.92 Å². The van der Waals surface area contributed by atoms with Gasteiger partial charge in [-0.3, -0.25) is 14.4 Å². The summed E-state index contributed by atoms with van der Waals surface area (Å²) in [5, 5.41) is 13.7. The van der Waals surface area contributed by atoms with Gasteiger partial charge in [0, 0.05) is 5.69 Å².